The van der Waals surface area contributed by atoms with E-state index in [1.165, 1.54) is 0 Å². The van der Waals surface area contributed by atoms with Gasteiger partial charge in [0, 0.05) is 0 Å². The van der Waals surface area contributed by atoms with Crippen molar-refractivity contribution < 1.29 is 154 Å². The number of fused-ring (bicyclic) bond motifs is 5. The zero-order valence-electron chi connectivity index (χ0n) is 55.2. The van der Waals surface area contributed by atoms with Crippen LogP contribution in [0.5, 0.6) is 0 Å². The van der Waals surface area contributed by atoms with Gasteiger partial charge < -0.3 is 154 Å². The van der Waals surface area contributed by atoms with Gasteiger partial charge in [0.15, 0.2) is 37.7 Å². The molecule has 0 aromatic rings. The maximum absolute atomic E-state index is 13.0. The Bertz CT molecular complexity index is 2540. The molecule has 0 amide bonds. The SMILES string of the molecule is CC(C)=CCC[C@](C)(O[C@@H]1O[C@H](CO[C@@H]2O[C@H](CO[C@@H]3OC[C@@H](O)[C@H](O)[C@H]3O)[C@@H](O)[C@H](O)[C@H]2O)[C@@H](O)[C@H](O)[C@H]1O)[C@H]1CC[C@]2(C)[C@@H]1[C@H](O)C[C@@H]1[C@@]3(C)CC[C@H](O[C@@H]4O[C@H](CO)[C@@H](O)[C@H](O)[C@H]4O[C@@H]4O[C@H](CO)[C@@H](O)[C@H](O)[C@H]4O[C@@H]4OC[C@@H](O)[C@H](O)[C@H]4O)C(C)(C)[C@@H]3CC[C@]12C. The van der Waals surface area contributed by atoms with E-state index in [1.54, 1.807) is 0 Å². The molecular formula is C64H108O31. The molecule has 95 heavy (non-hydrogen) atoms. The summed E-state index contributed by atoms with van der Waals surface area (Å²) in [5.41, 5.74) is -2.07. The van der Waals surface area contributed by atoms with Crippen LogP contribution < -0.4 is 0 Å². The van der Waals surface area contributed by atoms with E-state index in [9.17, 15) is 97.0 Å². The van der Waals surface area contributed by atoms with Crippen molar-refractivity contribution in [1.29, 1.82) is 0 Å². The van der Waals surface area contributed by atoms with E-state index in [4.69, 9.17) is 56.8 Å². The molecule has 6 heterocycles. The molecule has 0 radical (unpaired) electrons. The molecule has 0 bridgehead atoms. The zero-order chi connectivity index (χ0) is 69.5. The predicted molar refractivity (Wildman–Crippen MR) is 319 cm³/mol. The highest BCUT2D eigenvalue weighted by molar-refractivity contribution is 5.21. The Hall–Kier alpha value is -1.50. The molecule has 10 fully saturated rings. The van der Waals surface area contributed by atoms with Crippen LogP contribution in [0.4, 0.5) is 0 Å². The maximum atomic E-state index is 13.0. The summed E-state index contributed by atoms with van der Waals surface area (Å²) in [5, 5.41) is 208. The summed E-state index contributed by atoms with van der Waals surface area (Å²) < 4.78 is 72.5. The summed E-state index contributed by atoms with van der Waals surface area (Å²) in [6, 6.07) is 0. The Labute approximate surface area is 551 Å². The lowest BCUT2D eigenvalue weighted by Gasteiger charge is -2.71. The first kappa shape index (κ1) is 76.1. The summed E-state index contributed by atoms with van der Waals surface area (Å²) in [5.74, 6) is -0.795. The van der Waals surface area contributed by atoms with Gasteiger partial charge in [-0.05, 0) is 124 Å². The molecule has 550 valence electrons. The van der Waals surface area contributed by atoms with Gasteiger partial charge in [-0.3, -0.25) is 0 Å². The quantitative estimate of drug-likeness (QED) is 0.0400. The van der Waals surface area contributed by atoms with Crippen LogP contribution in [-0.2, 0) is 56.8 Å². The summed E-state index contributed by atoms with van der Waals surface area (Å²) in [6.45, 7) is 13.3. The minimum absolute atomic E-state index is 0.0418. The minimum Gasteiger partial charge on any atom is -0.394 e. The van der Waals surface area contributed by atoms with Crippen LogP contribution in [0.3, 0.4) is 0 Å². The standard InChI is InChI=1S/C64H108O31/c1-25(2)10-9-14-64(8,95-57-51(83)45(77)43(75)33(91-57)24-87-55-50(82)44(76)42(74)32(90-55)23-86-54-48(80)38(70)28(68)21-84-54)26-11-16-63(7)37(26)27(67)18-35-61(5)15-13-36(60(3,4)34(61)12-17-62(35,63)6)92-58-52(46(78)40(72)30(19-65)88-58)94-59-53(47(79)41(73)31(20-66)89-59)93-56-49(81)39(71)29(69)22-85-56/h10,26-59,65-83H,9,11-24H2,1-8H3/t26-,27+,28+,29+,30+,31+,32+,33+,34-,35+,36-,37-,38-,39-,40+,41+,42+,43+,44-,45-,46-,47-,48+,49+,50+,51+,52+,53+,54-,55+,56-,57-,58-,59-,61-,62+,63+,64-/m0/s1. The van der Waals surface area contributed by atoms with Gasteiger partial charge >= 0.3 is 0 Å². The lowest BCUT2D eigenvalue weighted by Crippen LogP contribution is -2.68. The Kier molecular flexibility index (Phi) is 23.8. The summed E-state index contributed by atoms with van der Waals surface area (Å²) in [4.78, 5) is 0. The van der Waals surface area contributed by atoms with E-state index < -0.39 is 239 Å². The van der Waals surface area contributed by atoms with E-state index in [-0.39, 0.29) is 35.7 Å². The fourth-order valence-corrected chi connectivity index (χ4v) is 18.5. The summed E-state index contributed by atoms with van der Waals surface area (Å²) >= 11 is 0. The maximum Gasteiger partial charge on any atom is 0.187 e. The first-order chi connectivity index (χ1) is 44.6. The van der Waals surface area contributed by atoms with Crippen LogP contribution >= 0.6 is 0 Å². The largest absolute Gasteiger partial charge is 0.394 e. The van der Waals surface area contributed by atoms with Crippen molar-refractivity contribution >= 4 is 0 Å². The molecule has 38 atom stereocenters. The number of allylic oxidation sites excluding steroid dienone is 2. The molecule has 0 spiro atoms. The molecule has 10 rings (SSSR count). The van der Waals surface area contributed by atoms with Crippen molar-refractivity contribution in [1.82, 2.24) is 0 Å². The summed E-state index contributed by atoms with van der Waals surface area (Å²) in [7, 11) is 0. The molecular weight excluding hydrogens is 1260 g/mol. The Morgan fingerprint density at radius 2 is 0.926 bits per heavy atom. The third-order valence-electron chi connectivity index (χ3n) is 24.3. The summed E-state index contributed by atoms with van der Waals surface area (Å²) in [6.07, 6.45) is -41.1. The van der Waals surface area contributed by atoms with Gasteiger partial charge in [0.1, 0.15) is 134 Å². The average molecular weight is 1370 g/mol. The van der Waals surface area contributed by atoms with Crippen molar-refractivity contribution in [3.63, 3.8) is 0 Å². The molecule has 6 aliphatic heterocycles. The second-order valence-electron chi connectivity index (χ2n) is 30.5. The van der Waals surface area contributed by atoms with Crippen LogP contribution in [0.15, 0.2) is 11.6 Å². The normalized spacial score (nSPS) is 53.2. The molecule has 4 aliphatic carbocycles. The van der Waals surface area contributed by atoms with Crippen LogP contribution in [0.2, 0.25) is 0 Å². The average Bonchev–Trinajstić information content (AvgIpc) is 1.66. The predicted octanol–water partition coefficient (Wildman–Crippen LogP) is -5.28. The van der Waals surface area contributed by atoms with E-state index >= 15 is 0 Å². The van der Waals surface area contributed by atoms with Crippen LogP contribution in [0, 0.1) is 45.3 Å². The van der Waals surface area contributed by atoms with E-state index in [0.717, 1.165) is 18.4 Å². The Morgan fingerprint density at radius 3 is 1.48 bits per heavy atom. The molecule has 19 N–H and O–H groups in total. The van der Waals surface area contributed by atoms with Gasteiger partial charge in [-0.25, -0.2) is 0 Å². The van der Waals surface area contributed by atoms with Gasteiger partial charge in [0.2, 0.25) is 0 Å². The molecule has 0 aromatic heterocycles. The fraction of sp³-hybridized carbons (Fsp3) is 0.969. The van der Waals surface area contributed by atoms with Gasteiger partial charge in [-0.1, -0.05) is 46.3 Å². The van der Waals surface area contributed by atoms with Crippen LogP contribution in [0.25, 0.3) is 0 Å². The fourth-order valence-electron chi connectivity index (χ4n) is 18.5. The molecule has 31 nitrogen and oxygen atoms in total. The minimum atomic E-state index is -1.90. The number of aliphatic hydroxyl groups is 19. The molecule has 0 aromatic carbocycles. The number of hydrogen-bond acceptors (Lipinski definition) is 31. The molecule has 10 aliphatic rings. The lowest BCUT2D eigenvalue weighted by molar-refractivity contribution is -0.395. The lowest BCUT2D eigenvalue weighted by atomic mass is 9.35. The smallest absolute Gasteiger partial charge is 0.187 e. The highest BCUT2D eigenvalue weighted by Gasteiger charge is 2.72. The van der Waals surface area contributed by atoms with Crippen LogP contribution in [-0.4, -0.2) is 327 Å². The van der Waals surface area contributed by atoms with Gasteiger partial charge in [0.05, 0.1) is 57.5 Å². The topological polar surface area (TPSA) is 495 Å². The van der Waals surface area contributed by atoms with Crippen LogP contribution in [0.1, 0.15) is 113 Å². The Balaban J connectivity index is 0.842. The zero-order valence-corrected chi connectivity index (χ0v) is 55.2. The highest BCUT2D eigenvalue weighted by atomic mass is 16.8. The monoisotopic (exact) mass is 1370 g/mol. The van der Waals surface area contributed by atoms with Gasteiger partial charge in [0.25, 0.3) is 0 Å². The number of hydrogen-bond donors (Lipinski definition) is 19. The number of rotatable bonds is 20. The third kappa shape index (κ3) is 14.1. The van der Waals surface area contributed by atoms with Crippen molar-refractivity contribution in [3.05, 3.63) is 11.6 Å². The molecule has 6 saturated heterocycles. The number of ether oxygens (including phenoxy) is 12. The van der Waals surface area contributed by atoms with Crippen molar-refractivity contribution in [2.75, 3.05) is 39.6 Å². The van der Waals surface area contributed by atoms with Crippen molar-refractivity contribution in [2.24, 2.45) is 45.3 Å². The van der Waals surface area contributed by atoms with Crippen molar-refractivity contribution in [2.45, 2.75) is 303 Å². The second-order valence-corrected chi connectivity index (χ2v) is 30.5. The van der Waals surface area contributed by atoms with Gasteiger partial charge in [-0.15, -0.1) is 0 Å². The van der Waals surface area contributed by atoms with Crippen molar-refractivity contribution in [3.8, 4) is 0 Å². The molecule has 4 saturated carbocycles. The third-order valence-corrected chi connectivity index (χ3v) is 24.3. The first-order valence-electron chi connectivity index (χ1n) is 33.7. The molecule has 0 unspecified atom stereocenters. The second kappa shape index (κ2) is 29.7. The number of aliphatic hydroxyl groups excluding tert-OH is 19. The van der Waals surface area contributed by atoms with E-state index in [2.05, 4.69) is 40.7 Å². The Morgan fingerprint density at radius 1 is 0.463 bits per heavy atom. The van der Waals surface area contributed by atoms with E-state index in [1.807, 2.05) is 20.8 Å². The van der Waals surface area contributed by atoms with Gasteiger partial charge in [-0.2, -0.15) is 0 Å². The highest BCUT2D eigenvalue weighted by Crippen LogP contribution is 2.76. The molecule has 31 heteroatoms. The van der Waals surface area contributed by atoms with E-state index in [0.29, 0.717) is 44.9 Å². The first-order valence-corrected chi connectivity index (χ1v) is 33.7.